The lowest BCUT2D eigenvalue weighted by Gasteiger charge is -2.24. The normalized spacial score (nSPS) is 16.0. The number of hydrogen-bond donors (Lipinski definition) is 3. The van der Waals surface area contributed by atoms with Crippen molar-refractivity contribution in [3.8, 4) is 0 Å². The molecule has 0 saturated heterocycles. The van der Waals surface area contributed by atoms with Gasteiger partial charge in [0.1, 0.15) is 13.2 Å². The van der Waals surface area contributed by atoms with Gasteiger partial charge in [0.05, 0.1) is 39.9 Å². The highest BCUT2D eigenvalue weighted by molar-refractivity contribution is 7.47. The van der Waals surface area contributed by atoms with Gasteiger partial charge in [-0.3, -0.25) is 9.05 Å². The van der Waals surface area contributed by atoms with Crippen LogP contribution in [0.5, 0.6) is 0 Å². The Morgan fingerprint density at radius 3 is 1.94 bits per heavy atom. The molecule has 0 rings (SSSR count). The maximum Gasteiger partial charge on any atom is 0.472 e. The molecule has 32 heavy (non-hydrogen) atoms. The second kappa shape index (κ2) is 20.4. The molecule has 0 heterocycles. The van der Waals surface area contributed by atoms with E-state index in [1.165, 1.54) is 64.2 Å². The Labute approximate surface area is 203 Å². The largest absolute Gasteiger partial charge is 1.00 e. The molecule has 0 aliphatic carbocycles. The number of likely N-dealkylation sites (N-methyl/N-ethyl adjacent to an activating group) is 1. The lowest BCUT2D eigenvalue weighted by atomic mass is 10.0. The van der Waals surface area contributed by atoms with E-state index >= 15 is 0 Å². The third-order valence-corrected chi connectivity index (χ3v) is 6.18. The number of phosphoric acid groups is 1. The van der Waals surface area contributed by atoms with Gasteiger partial charge < -0.3 is 32.6 Å². The fourth-order valence-corrected chi connectivity index (χ4v) is 3.80. The molecule has 1 unspecified atom stereocenters. The molecule has 0 aliphatic rings. The SMILES string of the molecule is CCCCCCCCCCCCC/C=C/[C@H](O)[C@H](N)COP(=O)(O)OCC[N+](C)(C)C.[Cl-]. The number of rotatable bonds is 21. The molecule has 0 amide bonds. The van der Waals surface area contributed by atoms with Crippen LogP contribution in [0.25, 0.3) is 0 Å². The van der Waals surface area contributed by atoms with Crippen molar-refractivity contribution in [2.45, 2.75) is 96.1 Å². The summed E-state index contributed by atoms with van der Waals surface area (Å²) in [4.78, 5) is 9.69. The number of halogens is 1. The fraction of sp³-hybridized carbons (Fsp3) is 0.913. The average Bonchev–Trinajstić information content (AvgIpc) is 2.68. The van der Waals surface area contributed by atoms with Gasteiger partial charge in [0.2, 0.25) is 0 Å². The van der Waals surface area contributed by atoms with Gasteiger partial charge in [-0.15, -0.1) is 0 Å². The van der Waals surface area contributed by atoms with Gasteiger partial charge in [0, 0.05) is 0 Å². The molecule has 3 atom stereocenters. The van der Waals surface area contributed by atoms with E-state index in [-0.39, 0.29) is 25.6 Å². The Hall–Kier alpha value is 0.0200. The van der Waals surface area contributed by atoms with E-state index in [9.17, 15) is 14.6 Å². The molecule has 0 aromatic rings. The van der Waals surface area contributed by atoms with E-state index in [0.29, 0.717) is 11.0 Å². The Morgan fingerprint density at radius 1 is 0.938 bits per heavy atom. The highest BCUT2D eigenvalue weighted by atomic mass is 35.5. The molecule has 0 aromatic heterocycles. The Morgan fingerprint density at radius 2 is 1.44 bits per heavy atom. The summed E-state index contributed by atoms with van der Waals surface area (Å²) in [5.74, 6) is 0. The molecule has 0 bridgehead atoms. The lowest BCUT2D eigenvalue weighted by Crippen LogP contribution is -3.00. The van der Waals surface area contributed by atoms with E-state index < -0.39 is 20.0 Å². The first-order valence-corrected chi connectivity index (χ1v) is 13.6. The van der Waals surface area contributed by atoms with Crippen molar-refractivity contribution in [2.75, 3.05) is 40.9 Å². The van der Waals surface area contributed by atoms with E-state index in [4.69, 9.17) is 14.8 Å². The van der Waals surface area contributed by atoms with Crippen LogP contribution in [0.15, 0.2) is 12.2 Å². The number of aliphatic hydroxyl groups is 1. The van der Waals surface area contributed by atoms with E-state index in [2.05, 4.69) is 6.92 Å². The summed E-state index contributed by atoms with van der Waals surface area (Å²) < 4.78 is 22.3. The Kier molecular flexibility index (Phi) is 21.8. The molecular weight excluding hydrogens is 451 g/mol. The molecule has 0 fully saturated rings. The van der Waals surface area contributed by atoms with Crippen LogP contribution >= 0.6 is 7.82 Å². The van der Waals surface area contributed by atoms with Crippen LogP contribution in [0.3, 0.4) is 0 Å². The summed E-state index contributed by atoms with van der Waals surface area (Å²) >= 11 is 0. The zero-order valence-corrected chi connectivity index (χ0v) is 22.5. The van der Waals surface area contributed by atoms with Gasteiger partial charge in [-0.05, 0) is 12.8 Å². The topological polar surface area (TPSA) is 102 Å². The van der Waals surface area contributed by atoms with Gasteiger partial charge in [0.25, 0.3) is 0 Å². The van der Waals surface area contributed by atoms with E-state index in [0.717, 1.165) is 12.8 Å². The molecule has 194 valence electrons. The number of hydrogen-bond acceptors (Lipinski definition) is 5. The first-order valence-electron chi connectivity index (χ1n) is 12.1. The van der Waals surface area contributed by atoms with Crippen LogP contribution in [0.1, 0.15) is 84.0 Å². The van der Waals surface area contributed by atoms with Crippen molar-refractivity contribution in [3.63, 3.8) is 0 Å². The maximum absolute atomic E-state index is 11.9. The highest BCUT2D eigenvalue weighted by Crippen LogP contribution is 2.43. The molecule has 4 N–H and O–H groups in total. The van der Waals surface area contributed by atoms with E-state index in [1.807, 2.05) is 27.2 Å². The zero-order valence-electron chi connectivity index (χ0n) is 20.9. The maximum atomic E-state index is 11.9. The predicted octanol–water partition coefficient (Wildman–Crippen LogP) is 1.78. The Balaban J connectivity index is 0. The van der Waals surface area contributed by atoms with Crippen LogP contribution < -0.4 is 18.1 Å². The third-order valence-electron chi connectivity index (χ3n) is 5.19. The van der Waals surface area contributed by atoms with Gasteiger partial charge in [-0.2, -0.15) is 0 Å². The minimum Gasteiger partial charge on any atom is -1.00 e. The number of quaternary nitrogens is 1. The first-order chi connectivity index (χ1) is 14.6. The zero-order chi connectivity index (χ0) is 23.6. The van der Waals surface area contributed by atoms with Gasteiger partial charge in [-0.25, -0.2) is 4.57 Å². The number of unbranched alkanes of at least 4 members (excludes halogenated alkanes) is 11. The van der Waals surface area contributed by atoms with Crippen LogP contribution in [0, 0.1) is 0 Å². The summed E-state index contributed by atoms with van der Waals surface area (Å²) in [5, 5.41) is 10.1. The minimum absolute atomic E-state index is 0. The molecule has 0 aromatic carbocycles. The van der Waals surface area contributed by atoms with Gasteiger partial charge in [0.15, 0.2) is 0 Å². The van der Waals surface area contributed by atoms with Gasteiger partial charge >= 0.3 is 7.82 Å². The van der Waals surface area contributed by atoms with Crippen molar-refractivity contribution in [2.24, 2.45) is 5.73 Å². The van der Waals surface area contributed by atoms with Crippen molar-refractivity contribution < 1.29 is 40.5 Å². The predicted molar refractivity (Wildman–Crippen MR) is 129 cm³/mol. The van der Waals surface area contributed by atoms with Crippen LogP contribution in [0.4, 0.5) is 0 Å². The summed E-state index contributed by atoms with van der Waals surface area (Å²) in [6.07, 6.45) is 17.9. The smallest absolute Gasteiger partial charge is 0.472 e. The van der Waals surface area contributed by atoms with Crippen LogP contribution in [-0.2, 0) is 13.6 Å². The lowest BCUT2D eigenvalue weighted by molar-refractivity contribution is -0.870. The van der Waals surface area contributed by atoms with Crippen molar-refractivity contribution in [1.29, 1.82) is 0 Å². The van der Waals surface area contributed by atoms with Crippen molar-refractivity contribution >= 4 is 7.82 Å². The molecule has 0 radical (unpaired) electrons. The monoisotopic (exact) mass is 500 g/mol. The number of nitrogens with two attached hydrogens (primary N) is 1. The number of allylic oxidation sites excluding steroid dienone is 1. The molecule has 0 aliphatic heterocycles. The summed E-state index contributed by atoms with van der Waals surface area (Å²) in [6.45, 7) is 2.68. The van der Waals surface area contributed by atoms with Gasteiger partial charge in [-0.1, -0.05) is 83.3 Å². The fourth-order valence-electron chi connectivity index (χ4n) is 3.05. The summed E-state index contributed by atoms with van der Waals surface area (Å²) in [5.41, 5.74) is 5.85. The number of aliphatic hydroxyl groups excluding tert-OH is 1. The minimum atomic E-state index is -4.16. The highest BCUT2D eigenvalue weighted by Gasteiger charge is 2.25. The molecule has 0 spiro atoms. The van der Waals surface area contributed by atoms with Crippen LogP contribution in [0.2, 0.25) is 0 Å². The summed E-state index contributed by atoms with van der Waals surface area (Å²) in [7, 11) is 1.72. The Bertz CT molecular complexity index is 503. The standard InChI is InChI=1S/C23H49N2O5P.ClH/c1-5-6-7-8-9-10-11-12-13-14-15-16-17-18-23(26)22(24)21-30-31(27,28)29-20-19-25(2,3)4;/h17-18,22-23,26H,5-16,19-21,24H2,1-4H3;1H/b18-17+;/t22-,23+;/m1./s1. The summed E-state index contributed by atoms with van der Waals surface area (Å²) in [6, 6.07) is -0.781. The average molecular weight is 501 g/mol. The molecule has 9 heteroatoms. The number of phosphoric ester groups is 1. The third kappa shape index (κ3) is 23.2. The van der Waals surface area contributed by atoms with E-state index in [1.54, 1.807) is 6.08 Å². The second-order valence-electron chi connectivity index (χ2n) is 9.52. The first kappa shape index (κ1) is 34.2. The quantitative estimate of drug-likeness (QED) is 0.0960. The second-order valence-corrected chi connectivity index (χ2v) is 11.0. The molecule has 7 nitrogen and oxygen atoms in total. The molecular formula is C23H50ClN2O5P. The van der Waals surface area contributed by atoms with Crippen molar-refractivity contribution in [1.82, 2.24) is 0 Å². The molecule has 0 saturated carbocycles. The number of nitrogens with zero attached hydrogens (tertiary/aromatic N) is 1. The van der Waals surface area contributed by atoms with Crippen molar-refractivity contribution in [3.05, 3.63) is 12.2 Å². The van der Waals surface area contributed by atoms with Crippen LogP contribution in [-0.4, -0.2) is 67.5 Å².